The van der Waals surface area contributed by atoms with Gasteiger partial charge in [0.1, 0.15) is 12.8 Å². The molecule has 0 radical (unpaired) electrons. The van der Waals surface area contributed by atoms with Gasteiger partial charge in [0.15, 0.2) is 10.1 Å². The Bertz CT molecular complexity index is 1170. The van der Waals surface area contributed by atoms with E-state index in [1.807, 2.05) is 30.3 Å². The van der Waals surface area contributed by atoms with Gasteiger partial charge in [-0.25, -0.2) is 30.2 Å². The Morgan fingerprint density at radius 3 is 1.57 bits per heavy atom. The number of nitro groups is 2. The van der Waals surface area contributed by atoms with Crippen LogP contribution in [0, 0.1) is 20.2 Å². The van der Waals surface area contributed by atoms with E-state index in [0.717, 1.165) is 56.9 Å². The second-order valence-electron chi connectivity index (χ2n) is 10.7. The second-order valence-corrected chi connectivity index (χ2v) is 10.7. The molecule has 2 amide bonds. The molecule has 18 nitrogen and oxygen atoms in total. The molecular formula is C29H48N10O8. The summed E-state index contributed by atoms with van der Waals surface area (Å²) in [5.74, 6) is -1.61. The molecule has 262 valence electrons. The number of amides is 2. The van der Waals surface area contributed by atoms with Gasteiger partial charge in [0.25, 0.3) is 11.9 Å². The first-order valence-corrected chi connectivity index (χ1v) is 15.8. The summed E-state index contributed by atoms with van der Waals surface area (Å²) in [6, 6.07) is 9.17. The van der Waals surface area contributed by atoms with Crippen molar-refractivity contribution in [3.8, 4) is 0 Å². The summed E-state index contributed by atoms with van der Waals surface area (Å²) in [6.07, 6.45) is 7.90. The minimum absolute atomic E-state index is 0.0773. The molecule has 0 aromatic heterocycles. The van der Waals surface area contributed by atoms with Crippen molar-refractivity contribution < 1.29 is 29.2 Å². The number of ether oxygens (including phenoxy) is 1. The number of nitrogens with one attached hydrogen (secondary N) is 4. The number of carbonyl (C=O) groups is 3. The molecular weight excluding hydrogens is 616 g/mol. The number of carbonyl (C=O) groups excluding carboxylic acids is 3. The molecule has 0 saturated heterocycles. The first-order chi connectivity index (χ1) is 22.5. The smallest absolute Gasteiger partial charge is 0.310 e. The number of rotatable bonds is 25. The van der Waals surface area contributed by atoms with Crippen LogP contribution >= 0.6 is 0 Å². The van der Waals surface area contributed by atoms with Crippen molar-refractivity contribution in [3.63, 3.8) is 0 Å². The van der Waals surface area contributed by atoms with Crippen LogP contribution in [0.2, 0.25) is 0 Å². The Hall–Kier alpha value is -5.03. The second kappa shape index (κ2) is 25.2. The predicted octanol–water partition coefficient (Wildman–Crippen LogP) is 1.94. The maximum absolute atomic E-state index is 12.6. The summed E-state index contributed by atoms with van der Waals surface area (Å²) in [5.41, 5.74) is 15.1. The van der Waals surface area contributed by atoms with Crippen LogP contribution in [0.25, 0.3) is 0 Å². The van der Waals surface area contributed by atoms with E-state index in [1.165, 1.54) is 0 Å². The normalized spacial score (nSPS) is 12.1. The summed E-state index contributed by atoms with van der Waals surface area (Å²) < 4.78 is 5.34. The Morgan fingerprint density at radius 1 is 0.702 bits per heavy atom. The van der Waals surface area contributed by atoms with Crippen molar-refractivity contribution >= 4 is 29.7 Å². The molecule has 0 spiro atoms. The molecule has 8 N–H and O–H groups in total. The highest BCUT2D eigenvalue weighted by atomic mass is 16.7. The summed E-state index contributed by atoms with van der Waals surface area (Å²) in [5, 5.41) is 24.5. The highest BCUT2D eigenvalue weighted by Crippen LogP contribution is 2.09. The predicted molar refractivity (Wildman–Crippen MR) is 174 cm³/mol. The fraction of sp³-hybridized carbons (Fsp3) is 0.621. The number of hydrogen-bond acceptors (Lipinski definition) is 10. The number of guanidine groups is 2. The minimum Gasteiger partial charge on any atom is -0.461 e. The zero-order chi connectivity index (χ0) is 34.7. The third-order valence-corrected chi connectivity index (χ3v) is 6.63. The topological polar surface area (TPSA) is 272 Å². The first-order valence-electron chi connectivity index (χ1n) is 15.8. The van der Waals surface area contributed by atoms with Crippen molar-refractivity contribution in [2.75, 3.05) is 13.1 Å². The number of hydrogen-bond donors (Lipinski definition) is 6. The Morgan fingerprint density at radius 2 is 1.13 bits per heavy atom. The standard InChI is InChI=1S/C29H48N10O8/c30-28(36-38(43)44)32-19-13-6-2-1-4-11-17-25(40)34-24(21-27(42)47-22-23-15-9-8-10-16-23)35-26(41)18-12-5-3-7-14-20-33-29(31)37-39(45)46/h8-10,15-16,24H,1-7,11-14,17-22H2,(H,34,40)(H,35,41)(H3,30,32,36)(H3,31,33,37)/t24-/m0/s1. The maximum Gasteiger partial charge on any atom is 0.310 e. The van der Waals surface area contributed by atoms with Gasteiger partial charge in [-0.3, -0.25) is 14.4 Å². The zero-order valence-electron chi connectivity index (χ0n) is 26.7. The van der Waals surface area contributed by atoms with E-state index in [9.17, 15) is 34.6 Å². The molecule has 0 bridgehead atoms. The lowest BCUT2D eigenvalue weighted by atomic mass is 10.1. The van der Waals surface area contributed by atoms with Crippen LogP contribution in [0.1, 0.15) is 95.5 Å². The molecule has 18 heteroatoms. The van der Waals surface area contributed by atoms with Gasteiger partial charge in [-0.05, 0) is 31.2 Å². The quantitative estimate of drug-likeness (QED) is 0.0166. The monoisotopic (exact) mass is 664 g/mol. The van der Waals surface area contributed by atoms with Gasteiger partial charge in [-0.15, -0.1) is 0 Å². The third kappa shape index (κ3) is 23.9. The first kappa shape index (κ1) is 40.0. The van der Waals surface area contributed by atoms with Crippen LogP contribution in [0.5, 0.6) is 0 Å². The van der Waals surface area contributed by atoms with Crippen LogP contribution < -0.4 is 33.0 Å². The Kier molecular flexibility index (Phi) is 21.4. The molecule has 0 saturated carbocycles. The number of hydrazine groups is 2. The zero-order valence-corrected chi connectivity index (χ0v) is 26.7. The molecule has 1 aromatic carbocycles. The van der Waals surface area contributed by atoms with Crippen LogP contribution in [-0.4, -0.2) is 59.0 Å². The van der Waals surface area contributed by atoms with Gasteiger partial charge in [0.2, 0.25) is 11.8 Å². The number of esters is 1. The van der Waals surface area contributed by atoms with Crippen LogP contribution in [0.15, 0.2) is 40.3 Å². The van der Waals surface area contributed by atoms with E-state index in [1.54, 1.807) is 10.9 Å². The lowest BCUT2D eigenvalue weighted by molar-refractivity contribution is -0.525. The number of unbranched alkanes of at least 4 members (excludes halogenated alkanes) is 9. The lowest BCUT2D eigenvalue weighted by Crippen LogP contribution is -2.49. The minimum atomic E-state index is -0.910. The molecule has 47 heavy (non-hydrogen) atoms. The number of nitrogens with two attached hydrogens (primary N) is 2. The van der Waals surface area contributed by atoms with Crippen molar-refractivity contribution in [1.82, 2.24) is 21.5 Å². The third-order valence-electron chi connectivity index (χ3n) is 6.63. The summed E-state index contributed by atoms with van der Waals surface area (Å²) >= 11 is 0. The molecule has 0 aliphatic rings. The van der Waals surface area contributed by atoms with Gasteiger partial charge in [-0.2, -0.15) is 0 Å². The van der Waals surface area contributed by atoms with Crippen molar-refractivity contribution in [2.24, 2.45) is 21.5 Å². The van der Waals surface area contributed by atoms with Gasteiger partial charge in [-0.1, -0.05) is 86.1 Å². The van der Waals surface area contributed by atoms with Crippen LogP contribution in [0.3, 0.4) is 0 Å². The SMILES string of the molecule is NC(=NCCCCCCCCC(=O)N[C@H](CC(=O)OCc1ccccc1)NC(=O)CCCCCCCN=C(N)N[N+](=O)[O-])N[N+](=O)[O-]. The lowest BCUT2D eigenvalue weighted by Gasteiger charge is -2.20. The summed E-state index contributed by atoms with van der Waals surface area (Å²) in [7, 11) is 0. The molecule has 0 aliphatic heterocycles. The number of aliphatic imine (C=N–C) groups is 2. The Labute approximate surface area is 273 Å². The van der Waals surface area contributed by atoms with Crippen molar-refractivity contribution in [2.45, 2.75) is 103 Å². The van der Waals surface area contributed by atoms with Gasteiger partial charge in [0.05, 0.1) is 6.42 Å². The van der Waals surface area contributed by atoms with E-state index in [4.69, 9.17) is 16.2 Å². The molecule has 0 heterocycles. The van der Waals surface area contributed by atoms with Gasteiger partial charge < -0.3 is 26.8 Å². The van der Waals surface area contributed by atoms with Crippen molar-refractivity contribution in [3.05, 3.63) is 56.1 Å². The largest absolute Gasteiger partial charge is 0.461 e. The van der Waals surface area contributed by atoms with Crippen LogP contribution in [-0.2, 0) is 25.7 Å². The Balaban J connectivity index is 2.40. The fourth-order valence-corrected chi connectivity index (χ4v) is 4.32. The van der Waals surface area contributed by atoms with Gasteiger partial charge >= 0.3 is 5.97 Å². The molecule has 1 aromatic rings. The fourth-order valence-electron chi connectivity index (χ4n) is 4.32. The van der Waals surface area contributed by atoms with Crippen molar-refractivity contribution in [1.29, 1.82) is 0 Å². The molecule has 0 aliphatic carbocycles. The highest BCUT2D eigenvalue weighted by Gasteiger charge is 2.19. The maximum atomic E-state index is 12.6. The van der Waals surface area contributed by atoms with Crippen LogP contribution in [0.4, 0.5) is 0 Å². The molecule has 0 fully saturated rings. The number of benzene rings is 1. The molecule has 0 unspecified atom stereocenters. The van der Waals surface area contributed by atoms with E-state index in [2.05, 4.69) is 20.6 Å². The van der Waals surface area contributed by atoms with Gasteiger partial charge in [0, 0.05) is 25.9 Å². The highest BCUT2D eigenvalue weighted by molar-refractivity contribution is 5.81. The average molecular weight is 665 g/mol. The average Bonchev–Trinajstić information content (AvgIpc) is 3.00. The molecule has 1 atom stereocenters. The number of nitrogens with zero attached hydrogens (tertiary/aromatic N) is 4. The molecule has 1 rings (SSSR count). The summed E-state index contributed by atoms with van der Waals surface area (Å²) in [6.45, 7) is 0.816. The van der Waals surface area contributed by atoms with E-state index in [-0.39, 0.29) is 49.6 Å². The van der Waals surface area contributed by atoms with E-state index in [0.29, 0.717) is 32.4 Å². The van der Waals surface area contributed by atoms with E-state index >= 15 is 0 Å². The van der Waals surface area contributed by atoms with E-state index < -0.39 is 22.2 Å². The summed E-state index contributed by atoms with van der Waals surface area (Å²) in [4.78, 5) is 66.1.